The van der Waals surface area contributed by atoms with Crippen molar-refractivity contribution in [3.05, 3.63) is 35.2 Å². The standard InChI is InChI=1S/C24H30F3N3O5S/c1-24(11-36(33,34)12-24)30-22(32)13-5-7-15(19(9-13)29-18-3-2-4-20(18)31)21(28)16-10-14(35-23(26)27)6-8-17(16)25/h6,8,10,13,18,20,23,31H,2-5,7,9,11-12,28H2,1H3,(H,30,32)/b21-15-,29-19?/t13-,18-,20?/m1/s1. The number of hydrogen-bond donors (Lipinski definition) is 3. The van der Waals surface area contributed by atoms with Gasteiger partial charge in [0.15, 0.2) is 9.84 Å². The molecule has 2 aliphatic carbocycles. The molecule has 1 saturated heterocycles. The lowest BCUT2D eigenvalue weighted by molar-refractivity contribution is -0.126. The number of carbonyl (C=O) groups is 1. The highest BCUT2D eigenvalue weighted by molar-refractivity contribution is 7.93. The van der Waals surface area contributed by atoms with E-state index in [1.54, 1.807) is 6.92 Å². The fourth-order valence-electron chi connectivity index (χ4n) is 5.29. The minimum Gasteiger partial charge on any atom is -0.435 e. The zero-order valence-corrected chi connectivity index (χ0v) is 20.7. The van der Waals surface area contributed by atoms with Crippen LogP contribution >= 0.6 is 0 Å². The Morgan fingerprint density at radius 3 is 2.61 bits per heavy atom. The summed E-state index contributed by atoms with van der Waals surface area (Å²) >= 11 is 0. The second-order valence-corrected chi connectivity index (χ2v) is 12.1. The van der Waals surface area contributed by atoms with Gasteiger partial charge in [0.05, 0.1) is 29.2 Å². The lowest BCUT2D eigenvalue weighted by Crippen LogP contribution is -2.64. The first-order valence-corrected chi connectivity index (χ1v) is 13.7. The number of nitrogens with two attached hydrogens (primary N) is 1. The third-order valence-electron chi connectivity index (χ3n) is 6.95. The first-order chi connectivity index (χ1) is 16.9. The number of benzene rings is 1. The molecule has 198 valence electrons. The summed E-state index contributed by atoms with van der Waals surface area (Å²) in [5.74, 6) is -2.03. The van der Waals surface area contributed by atoms with Crippen molar-refractivity contribution in [2.45, 2.75) is 69.7 Å². The zero-order valence-electron chi connectivity index (χ0n) is 19.8. The Morgan fingerprint density at radius 1 is 1.28 bits per heavy atom. The number of sulfone groups is 1. The summed E-state index contributed by atoms with van der Waals surface area (Å²) in [7, 11) is -3.15. The summed E-state index contributed by atoms with van der Waals surface area (Å²) in [6.45, 7) is -1.40. The second-order valence-electron chi connectivity index (χ2n) is 10.1. The van der Waals surface area contributed by atoms with Gasteiger partial charge in [0, 0.05) is 29.3 Å². The van der Waals surface area contributed by atoms with E-state index in [2.05, 4.69) is 10.1 Å². The number of aliphatic hydroxyl groups is 1. The summed E-state index contributed by atoms with van der Waals surface area (Å²) in [5, 5.41) is 13.1. The monoisotopic (exact) mass is 529 g/mol. The molecule has 3 aliphatic rings. The molecule has 0 bridgehead atoms. The molecule has 36 heavy (non-hydrogen) atoms. The van der Waals surface area contributed by atoms with Crippen LogP contribution in [-0.4, -0.2) is 60.9 Å². The number of aliphatic imine (C=N–C) groups is 1. The van der Waals surface area contributed by atoms with E-state index in [1.165, 1.54) is 0 Å². The van der Waals surface area contributed by atoms with Crippen LogP contribution in [0.2, 0.25) is 0 Å². The van der Waals surface area contributed by atoms with Gasteiger partial charge in [0.2, 0.25) is 5.91 Å². The zero-order chi connectivity index (χ0) is 26.3. The van der Waals surface area contributed by atoms with Crippen LogP contribution in [0.3, 0.4) is 0 Å². The average Bonchev–Trinajstić information content (AvgIpc) is 3.17. The third kappa shape index (κ3) is 5.86. The Bertz CT molecular complexity index is 1190. The molecule has 3 atom stereocenters. The van der Waals surface area contributed by atoms with Gasteiger partial charge in [-0.2, -0.15) is 8.78 Å². The molecule has 1 heterocycles. The van der Waals surface area contributed by atoms with E-state index in [1.807, 2.05) is 0 Å². The van der Waals surface area contributed by atoms with Gasteiger partial charge in [-0.25, -0.2) is 12.8 Å². The topological polar surface area (TPSA) is 131 Å². The van der Waals surface area contributed by atoms with E-state index >= 15 is 0 Å². The predicted molar refractivity (Wildman–Crippen MR) is 128 cm³/mol. The largest absolute Gasteiger partial charge is 0.435 e. The first-order valence-electron chi connectivity index (χ1n) is 11.9. The molecule has 2 saturated carbocycles. The number of ether oxygens (including phenoxy) is 1. The normalized spacial score (nSPS) is 29.6. The average molecular weight is 530 g/mol. The lowest BCUT2D eigenvalue weighted by atomic mass is 9.81. The second kappa shape index (κ2) is 10.0. The van der Waals surface area contributed by atoms with Crippen LogP contribution in [0, 0.1) is 11.7 Å². The van der Waals surface area contributed by atoms with Gasteiger partial charge in [0.1, 0.15) is 11.6 Å². The van der Waals surface area contributed by atoms with Gasteiger partial charge in [-0.15, -0.1) is 0 Å². The summed E-state index contributed by atoms with van der Waals surface area (Å²) in [5.41, 5.74) is 6.36. The quantitative estimate of drug-likeness (QED) is 0.519. The number of carbonyl (C=O) groups excluding carboxylic acids is 1. The van der Waals surface area contributed by atoms with E-state index in [0.717, 1.165) is 24.6 Å². The molecule has 0 radical (unpaired) electrons. The molecule has 4 rings (SSSR count). The summed E-state index contributed by atoms with van der Waals surface area (Å²) in [4.78, 5) is 17.7. The fourth-order valence-corrected chi connectivity index (χ4v) is 7.29. The van der Waals surface area contributed by atoms with Gasteiger partial charge >= 0.3 is 6.61 Å². The number of nitrogens with zero attached hydrogens (tertiary/aromatic N) is 1. The van der Waals surface area contributed by atoms with Crippen molar-refractivity contribution in [2.24, 2.45) is 16.6 Å². The van der Waals surface area contributed by atoms with Crippen molar-refractivity contribution in [2.75, 3.05) is 11.5 Å². The van der Waals surface area contributed by atoms with Crippen molar-refractivity contribution in [3.63, 3.8) is 0 Å². The first kappa shape index (κ1) is 26.5. The number of aliphatic hydroxyl groups excluding tert-OH is 1. The smallest absolute Gasteiger partial charge is 0.387 e. The van der Waals surface area contributed by atoms with Crippen molar-refractivity contribution >= 4 is 27.2 Å². The number of rotatable bonds is 6. The molecule has 1 unspecified atom stereocenters. The summed E-state index contributed by atoms with van der Waals surface area (Å²) in [6.07, 6.45) is 2.17. The van der Waals surface area contributed by atoms with Gasteiger partial charge < -0.3 is 20.9 Å². The van der Waals surface area contributed by atoms with Crippen LogP contribution < -0.4 is 15.8 Å². The Morgan fingerprint density at radius 2 is 2.00 bits per heavy atom. The van der Waals surface area contributed by atoms with E-state index in [9.17, 15) is 31.5 Å². The van der Waals surface area contributed by atoms with Crippen LogP contribution in [0.15, 0.2) is 28.8 Å². The highest BCUT2D eigenvalue weighted by Gasteiger charge is 2.46. The molecular formula is C24H30F3N3O5S. The maximum absolute atomic E-state index is 14.7. The molecular weight excluding hydrogens is 499 g/mol. The van der Waals surface area contributed by atoms with E-state index in [4.69, 9.17) is 10.7 Å². The van der Waals surface area contributed by atoms with Crippen molar-refractivity contribution < 1.29 is 36.2 Å². The van der Waals surface area contributed by atoms with Crippen LogP contribution in [0.25, 0.3) is 5.70 Å². The number of allylic oxidation sites excluding steroid dienone is 1. The molecule has 1 aliphatic heterocycles. The number of halogens is 3. The van der Waals surface area contributed by atoms with Crippen molar-refractivity contribution in [3.8, 4) is 5.75 Å². The molecule has 8 nitrogen and oxygen atoms in total. The Hall–Kier alpha value is -2.60. The van der Waals surface area contributed by atoms with Crippen LogP contribution in [-0.2, 0) is 14.6 Å². The maximum Gasteiger partial charge on any atom is 0.387 e. The van der Waals surface area contributed by atoms with Gasteiger partial charge in [0.25, 0.3) is 0 Å². The summed E-state index contributed by atoms with van der Waals surface area (Å²) < 4.78 is 67.6. The van der Waals surface area contributed by atoms with E-state index < -0.39 is 45.9 Å². The van der Waals surface area contributed by atoms with Crippen LogP contribution in [0.5, 0.6) is 5.75 Å². The Balaban J connectivity index is 1.63. The number of alkyl halides is 2. The molecule has 3 fully saturated rings. The van der Waals surface area contributed by atoms with Crippen LogP contribution in [0.1, 0.15) is 51.0 Å². The van der Waals surface area contributed by atoms with Gasteiger partial charge in [-0.1, -0.05) is 0 Å². The highest BCUT2D eigenvalue weighted by atomic mass is 32.2. The minimum atomic E-state index is -3.15. The SMILES string of the molecule is CC1(NC(=O)[C@@H]2CC/C(=C(/N)c3cc(OC(F)F)ccc3F)C(=N[C@@H]3CCCC3O)C2)CS(=O)(=O)C1. The van der Waals surface area contributed by atoms with Gasteiger partial charge in [-0.05, 0) is 62.8 Å². The van der Waals surface area contributed by atoms with Crippen molar-refractivity contribution in [1.29, 1.82) is 0 Å². The van der Waals surface area contributed by atoms with E-state index in [0.29, 0.717) is 30.5 Å². The Kier molecular flexibility index (Phi) is 7.38. The molecule has 1 aromatic carbocycles. The highest BCUT2D eigenvalue weighted by Crippen LogP contribution is 2.35. The lowest BCUT2D eigenvalue weighted by Gasteiger charge is -2.40. The minimum absolute atomic E-state index is 0.00867. The summed E-state index contributed by atoms with van der Waals surface area (Å²) in [6, 6.07) is 2.78. The molecule has 4 N–H and O–H groups in total. The third-order valence-corrected chi connectivity index (χ3v) is 9.10. The number of nitrogens with one attached hydrogen (secondary N) is 1. The fraction of sp³-hybridized carbons (Fsp3) is 0.583. The molecule has 12 heteroatoms. The van der Waals surface area contributed by atoms with Gasteiger partial charge in [-0.3, -0.25) is 9.79 Å². The Labute approximate surface area is 207 Å². The predicted octanol–water partition coefficient (Wildman–Crippen LogP) is 2.55. The molecule has 0 aromatic heterocycles. The molecule has 1 aromatic rings. The van der Waals surface area contributed by atoms with E-state index in [-0.39, 0.29) is 47.3 Å². The molecule has 0 spiro atoms. The molecule has 1 amide bonds. The number of amides is 1. The number of hydrogen-bond acceptors (Lipinski definition) is 7. The van der Waals surface area contributed by atoms with Crippen LogP contribution in [0.4, 0.5) is 13.2 Å². The maximum atomic E-state index is 14.7. The van der Waals surface area contributed by atoms with Crippen molar-refractivity contribution in [1.82, 2.24) is 5.32 Å².